The Hall–Kier alpha value is -1.68. The first-order chi connectivity index (χ1) is 11.7. The molecular weight excluding hydrogens is 431 g/mol. The highest BCUT2D eigenvalue weighted by Gasteiger charge is 2.02. The molecule has 2 aromatic heterocycles. The Kier molecular flexibility index (Phi) is 10.1. The second-order valence-electron chi connectivity index (χ2n) is 5.19. The van der Waals surface area contributed by atoms with Gasteiger partial charge in [-0.15, -0.1) is 24.0 Å². The van der Waals surface area contributed by atoms with Crippen LogP contribution < -0.4 is 10.6 Å². The number of rotatable bonds is 8. The van der Waals surface area contributed by atoms with Crippen LogP contribution in [0.4, 0.5) is 0 Å². The van der Waals surface area contributed by atoms with Gasteiger partial charge in [0.1, 0.15) is 11.6 Å². The number of aromatic nitrogens is 3. The predicted octanol–water partition coefficient (Wildman–Crippen LogP) is 2.29. The lowest BCUT2D eigenvalue weighted by Crippen LogP contribution is -2.39. The van der Waals surface area contributed by atoms with Crippen molar-refractivity contribution in [2.24, 2.45) is 4.99 Å². The summed E-state index contributed by atoms with van der Waals surface area (Å²) in [6.07, 6.45) is 5.52. The van der Waals surface area contributed by atoms with Crippen LogP contribution in [0.25, 0.3) is 5.82 Å². The molecule has 2 rings (SSSR count). The zero-order chi connectivity index (χ0) is 17.2. The van der Waals surface area contributed by atoms with E-state index in [-0.39, 0.29) is 24.0 Å². The maximum atomic E-state index is 5.32. The Morgan fingerprint density at radius 1 is 1.24 bits per heavy atom. The smallest absolute Gasteiger partial charge is 0.191 e. The zero-order valence-corrected chi connectivity index (χ0v) is 17.4. The summed E-state index contributed by atoms with van der Waals surface area (Å²) in [5, 5.41) is 6.47. The molecule has 0 aliphatic heterocycles. The van der Waals surface area contributed by atoms with Crippen molar-refractivity contribution in [3.05, 3.63) is 42.1 Å². The minimum atomic E-state index is 0. The fourth-order valence-corrected chi connectivity index (χ4v) is 2.17. The highest BCUT2D eigenvalue weighted by molar-refractivity contribution is 14.0. The maximum absolute atomic E-state index is 5.32. The van der Waals surface area contributed by atoms with Crippen molar-refractivity contribution >= 4 is 29.9 Å². The lowest BCUT2D eigenvalue weighted by atomic mass is 10.3. The molecule has 0 atom stereocenters. The van der Waals surface area contributed by atoms with Crippen LogP contribution in [-0.2, 0) is 11.3 Å². The number of pyridine rings is 1. The predicted molar refractivity (Wildman–Crippen MR) is 111 cm³/mol. The molecular formula is C17H27IN6O. The van der Waals surface area contributed by atoms with Crippen LogP contribution in [0, 0.1) is 6.92 Å². The van der Waals surface area contributed by atoms with E-state index in [2.05, 4.69) is 25.6 Å². The van der Waals surface area contributed by atoms with E-state index in [1.165, 1.54) is 0 Å². The summed E-state index contributed by atoms with van der Waals surface area (Å²) in [4.78, 5) is 13.3. The monoisotopic (exact) mass is 458 g/mol. The Morgan fingerprint density at radius 2 is 2.08 bits per heavy atom. The molecule has 0 radical (unpaired) electrons. The second-order valence-corrected chi connectivity index (χ2v) is 5.19. The van der Waals surface area contributed by atoms with E-state index in [4.69, 9.17) is 4.74 Å². The van der Waals surface area contributed by atoms with Gasteiger partial charge < -0.3 is 15.4 Å². The molecule has 0 aliphatic rings. The molecule has 25 heavy (non-hydrogen) atoms. The topological polar surface area (TPSA) is 76.4 Å². The number of nitrogens with zero attached hydrogens (tertiary/aromatic N) is 4. The number of ether oxygens (including phenoxy) is 1. The summed E-state index contributed by atoms with van der Waals surface area (Å²) < 4.78 is 7.27. The molecule has 0 amide bonds. The first kappa shape index (κ1) is 21.4. The van der Waals surface area contributed by atoms with E-state index >= 15 is 0 Å². The number of nitrogens with one attached hydrogen (secondary N) is 2. The number of hydrogen-bond donors (Lipinski definition) is 2. The summed E-state index contributed by atoms with van der Waals surface area (Å²) in [6.45, 7) is 9.50. The van der Waals surface area contributed by atoms with E-state index in [1.54, 1.807) is 6.20 Å². The normalized spacial score (nSPS) is 11.1. The highest BCUT2D eigenvalue weighted by atomic mass is 127. The molecule has 0 unspecified atom stereocenters. The van der Waals surface area contributed by atoms with Gasteiger partial charge >= 0.3 is 0 Å². The van der Waals surface area contributed by atoms with Crippen molar-refractivity contribution in [3.8, 4) is 5.82 Å². The average Bonchev–Trinajstić information content (AvgIpc) is 3.03. The van der Waals surface area contributed by atoms with Gasteiger partial charge in [-0.1, -0.05) is 6.07 Å². The van der Waals surface area contributed by atoms with E-state index in [1.807, 2.05) is 49.9 Å². The van der Waals surface area contributed by atoms with Gasteiger partial charge in [-0.3, -0.25) is 4.57 Å². The fraction of sp³-hybridized carbons (Fsp3) is 0.471. The molecule has 2 N–H and O–H groups in total. The van der Waals surface area contributed by atoms with Gasteiger partial charge in [0.2, 0.25) is 0 Å². The quantitative estimate of drug-likeness (QED) is 0.275. The minimum absolute atomic E-state index is 0. The minimum Gasteiger partial charge on any atom is -0.380 e. The lowest BCUT2D eigenvalue weighted by Gasteiger charge is -2.11. The SMILES string of the molecule is CCNC(=NCc1ccc(-n2ccnc2C)nc1)NCCOCC.I. The molecule has 0 aliphatic carbocycles. The summed E-state index contributed by atoms with van der Waals surface area (Å²) in [7, 11) is 0. The third kappa shape index (κ3) is 6.99. The van der Waals surface area contributed by atoms with Crippen molar-refractivity contribution in [1.29, 1.82) is 0 Å². The lowest BCUT2D eigenvalue weighted by molar-refractivity contribution is 0.152. The van der Waals surface area contributed by atoms with Crippen molar-refractivity contribution in [2.45, 2.75) is 27.3 Å². The number of aryl methyl sites for hydroxylation is 1. The van der Waals surface area contributed by atoms with E-state index in [9.17, 15) is 0 Å². The number of guanidine groups is 1. The summed E-state index contributed by atoms with van der Waals surface area (Å²) in [6, 6.07) is 4.02. The van der Waals surface area contributed by atoms with Crippen molar-refractivity contribution in [2.75, 3.05) is 26.3 Å². The number of imidazole rings is 1. The molecule has 0 saturated carbocycles. The van der Waals surface area contributed by atoms with Crippen LogP contribution in [0.1, 0.15) is 25.2 Å². The average molecular weight is 458 g/mol. The maximum Gasteiger partial charge on any atom is 0.191 e. The largest absolute Gasteiger partial charge is 0.380 e. The highest BCUT2D eigenvalue weighted by Crippen LogP contribution is 2.08. The van der Waals surface area contributed by atoms with Gasteiger partial charge in [-0.2, -0.15) is 0 Å². The summed E-state index contributed by atoms with van der Waals surface area (Å²) in [5.41, 5.74) is 1.05. The third-order valence-electron chi connectivity index (χ3n) is 3.39. The Labute approximate surface area is 166 Å². The Balaban J connectivity index is 0.00000312. The van der Waals surface area contributed by atoms with Gasteiger partial charge in [-0.05, 0) is 32.4 Å². The van der Waals surface area contributed by atoms with Crippen LogP contribution in [-0.4, -0.2) is 46.8 Å². The molecule has 2 aromatic rings. The van der Waals surface area contributed by atoms with Crippen molar-refractivity contribution in [3.63, 3.8) is 0 Å². The summed E-state index contributed by atoms with van der Waals surface area (Å²) >= 11 is 0. The van der Waals surface area contributed by atoms with Crippen LogP contribution in [0.15, 0.2) is 35.7 Å². The third-order valence-corrected chi connectivity index (χ3v) is 3.39. The molecule has 0 spiro atoms. The molecule has 0 saturated heterocycles. The van der Waals surface area contributed by atoms with E-state index in [0.29, 0.717) is 13.2 Å². The second kappa shape index (κ2) is 11.8. The first-order valence-corrected chi connectivity index (χ1v) is 8.29. The van der Waals surface area contributed by atoms with E-state index < -0.39 is 0 Å². The van der Waals surface area contributed by atoms with Crippen LogP contribution in [0.3, 0.4) is 0 Å². The molecule has 138 valence electrons. The Morgan fingerprint density at radius 3 is 2.68 bits per heavy atom. The molecule has 2 heterocycles. The van der Waals surface area contributed by atoms with Crippen molar-refractivity contribution in [1.82, 2.24) is 25.2 Å². The Bertz CT molecular complexity index is 641. The van der Waals surface area contributed by atoms with Crippen LogP contribution in [0.2, 0.25) is 0 Å². The van der Waals surface area contributed by atoms with Gasteiger partial charge in [0.05, 0.1) is 13.2 Å². The van der Waals surface area contributed by atoms with E-state index in [0.717, 1.165) is 42.9 Å². The van der Waals surface area contributed by atoms with Gasteiger partial charge in [0, 0.05) is 38.3 Å². The molecule has 8 heteroatoms. The zero-order valence-electron chi connectivity index (χ0n) is 15.0. The van der Waals surface area contributed by atoms with Crippen LogP contribution >= 0.6 is 24.0 Å². The number of halogens is 1. The van der Waals surface area contributed by atoms with Gasteiger partial charge in [0.25, 0.3) is 0 Å². The number of aliphatic imine (C=N–C) groups is 1. The molecule has 7 nitrogen and oxygen atoms in total. The first-order valence-electron chi connectivity index (χ1n) is 8.29. The van der Waals surface area contributed by atoms with Crippen LogP contribution in [0.5, 0.6) is 0 Å². The van der Waals surface area contributed by atoms with Gasteiger partial charge in [-0.25, -0.2) is 15.0 Å². The fourth-order valence-electron chi connectivity index (χ4n) is 2.17. The number of hydrogen-bond acceptors (Lipinski definition) is 4. The molecule has 0 aromatic carbocycles. The van der Waals surface area contributed by atoms with Gasteiger partial charge in [0.15, 0.2) is 5.96 Å². The van der Waals surface area contributed by atoms with Crippen molar-refractivity contribution < 1.29 is 4.74 Å². The molecule has 0 bridgehead atoms. The summed E-state index contributed by atoms with van der Waals surface area (Å²) in [5.74, 6) is 2.56. The standard InChI is InChI=1S/C17H26N6O.HI/c1-4-18-17(20-9-11-24-5-2)22-13-15-6-7-16(21-12-15)23-10-8-19-14(23)3;/h6-8,10,12H,4-5,9,11,13H2,1-3H3,(H2,18,20,22);1H. The molecule has 0 fully saturated rings.